The van der Waals surface area contributed by atoms with Gasteiger partial charge >= 0.3 is 0 Å². The van der Waals surface area contributed by atoms with Crippen molar-refractivity contribution >= 4 is 0 Å². The minimum Gasteiger partial charge on any atom is -0.316 e. The third-order valence-corrected chi connectivity index (χ3v) is 3.29. The van der Waals surface area contributed by atoms with Crippen LogP contribution in [0, 0.1) is 11.8 Å². The Kier molecular flexibility index (Phi) is 6.25. The van der Waals surface area contributed by atoms with Crippen molar-refractivity contribution in [3.05, 3.63) is 0 Å². The Labute approximate surface area is 89.7 Å². The lowest BCUT2D eigenvalue weighted by atomic mass is 10.1. The van der Waals surface area contributed by atoms with Crippen molar-refractivity contribution in [2.24, 2.45) is 11.8 Å². The maximum Gasteiger partial charge on any atom is -0.00205 e. The zero-order valence-corrected chi connectivity index (χ0v) is 10.0. The van der Waals surface area contributed by atoms with Gasteiger partial charge in [0.25, 0.3) is 0 Å². The van der Waals surface area contributed by atoms with Gasteiger partial charge in [-0.2, -0.15) is 0 Å². The van der Waals surface area contributed by atoms with E-state index in [9.17, 15) is 0 Å². The van der Waals surface area contributed by atoms with Crippen molar-refractivity contribution in [3.63, 3.8) is 0 Å². The van der Waals surface area contributed by atoms with Crippen molar-refractivity contribution in [3.8, 4) is 0 Å². The van der Waals surface area contributed by atoms with E-state index in [0.29, 0.717) is 0 Å². The summed E-state index contributed by atoms with van der Waals surface area (Å²) >= 11 is 0. The SMILES string of the molecule is CC(C)CCCCNCC1CCCC1. The van der Waals surface area contributed by atoms with Crippen LogP contribution in [0.2, 0.25) is 0 Å². The molecule has 0 aromatic rings. The topological polar surface area (TPSA) is 12.0 Å². The van der Waals surface area contributed by atoms with Crippen LogP contribution >= 0.6 is 0 Å². The van der Waals surface area contributed by atoms with Crippen LogP contribution in [-0.4, -0.2) is 13.1 Å². The number of rotatable bonds is 7. The van der Waals surface area contributed by atoms with Gasteiger partial charge in [0.05, 0.1) is 0 Å². The molecule has 14 heavy (non-hydrogen) atoms. The van der Waals surface area contributed by atoms with E-state index in [1.165, 1.54) is 58.0 Å². The summed E-state index contributed by atoms with van der Waals surface area (Å²) in [7, 11) is 0. The van der Waals surface area contributed by atoms with Gasteiger partial charge in [0.2, 0.25) is 0 Å². The molecule has 0 atom stereocenters. The molecule has 0 spiro atoms. The molecule has 0 amide bonds. The molecule has 1 saturated carbocycles. The van der Waals surface area contributed by atoms with Crippen molar-refractivity contribution in [1.29, 1.82) is 0 Å². The van der Waals surface area contributed by atoms with Gasteiger partial charge in [-0.25, -0.2) is 0 Å². The van der Waals surface area contributed by atoms with Gasteiger partial charge in [0, 0.05) is 0 Å². The Balaban J connectivity index is 1.79. The van der Waals surface area contributed by atoms with E-state index in [-0.39, 0.29) is 0 Å². The first kappa shape index (κ1) is 12.0. The highest BCUT2D eigenvalue weighted by atomic mass is 14.9. The molecule has 84 valence electrons. The van der Waals surface area contributed by atoms with E-state index in [1.807, 2.05) is 0 Å². The van der Waals surface area contributed by atoms with Gasteiger partial charge < -0.3 is 5.32 Å². The third-order valence-electron chi connectivity index (χ3n) is 3.29. The van der Waals surface area contributed by atoms with Crippen molar-refractivity contribution in [2.75, 3.05) is 13.1 Å². The molecule has 1 N–H and O–H groups in total. The summed E-state index contributed by atoms with van der Waals surface area (Å²) in [5.74, 6) is 1.88. The lowest BCUT2D eigenvalue weighted by Gasteiger charge is -2.10. The summed E-state index contributed by atoms with van der Waals surface area (Å²) < 4.78 is 0. The Morgan fingerprint density at radius 1 is 1.14 bits per heavy atom. The summed E-state index contributed by atoms with van der Waals surface area (Å²) in [5.41, 5.74) is 0. The molecule has 0 aromatic carbocycles. The van der Waals surface area contributed by atoms with Crippen molar-refractivity contribution in [1.82, 2.24) is 5.32 Å². The first-order valence-corrected chi connectivity index (χ1v) is 6.49. The monoisotopic (exact) mass is 197 g/mol. The van der Waals surface area contributed by atoms with Crippen molar-refractivity contribution < 1.29 is 0 Å². The second-order valence-electron chi connectivity index (χ2n) is 5.24. The quantitative estimate of drug-likeness (QED) is 0.615. The number of nitrogens with one attached hydrogen (secondary N) is 1. The lowest BCUT2D eigenvalue weighted by molar-refractivity contribution is 0.468. The van der Waals surface area contributed by atoms with E-state index in [4.69, 9.17) is 0 Å². The Bertz CT molecular complexity index is 125. The van der Waals surface area contributed by atoms with E-state index in [1.54, 1.807) is 0 Å². The highest BCUT2D eigenvalue weighted by Gasteiger charge is 2.13. The molecule has 1 aliphatic rings. The van der Waals surface area contributed by atoms with E-state index < -0.39 is 0 Å². The van der Waals surface area contributed by atoms with Gasteiger partial charge in [0.1, 0.15) is 0 Å². The predicted octanol–water partition coefficient (Wildman–Crippen LogP) is 3.59. The second kappa shape index (κ2) is 7.28. The molecule has 0 unspecified atom stereocenters. The Morgan fingerprint density at radius 3 is 2.50 bits per heavy atom. The number of hydrogen-bond acceptors (Lipinski definition) is 1. The molecule has 1 rings (SSSR count). The van der Waals surface area contributed by atoms with Crippen LogP contribution in [0.1, 0.15) is 58.8 Å². The fourth-order valence-electron chi connectivity index (χ4n) is 2.32. The number of hydrogen-bond donors (Lipinski definition) is 1. The number of unbranched alkanes of at least 4 members (excludes halogenated alkanes) is 1. The molecular weight excluding hydrogens is 170 g/mol. The van der Waals surface area contributed by atoms with E-state index in [2.05, 4.69) is 19.2 Å². The zero-order valence-electron chi connectivity index (χ0n) is 10.0. The maximum absolute atomic E-state index is 3.60. The predicted molar refractivity (Wildman–Crippen MR) is 63.5 cm³/mol. The second-order valence-corrected chi connectivity index (χ2v) is 5.24. The fraction of sp³-hybridized carbons (Fsp3) is 1.00. The molecule has 0 saturated heterocycles. The minimum absolute atomic E-state index is 0.879. The first-order valence-electron chi connectivity index (χ1n) is 6.49. The summed E-state index contributed by atoms with van der Waals surface area (Å²) in [6.07, 6.45) is 10.0. The van der Waals surface area contributed by atoms with Gasteiger partial charge in [-0.1, -0.05) is 39.5 Å². The highest BCUT2D eigenvalue weighted by Crippen LogP contribution is 2.23. The van der Waals surface area contributed by atoms with Gasteiger partial charge in [-0.15, -0.1) is 0 Å². The first-order chi connectivity index (χ1) is 6.79. The van der Waals surface area contributed by atoms with Crippen LogP contribution in [-0.2, 0) is 0 Å². The average Bonchev–Trinajstić information content (AvgIpc) is 2.63. The summed E-state index contributed by atoms with van der Waals surface area (Å²) in [5, 5.41) is 3.60. The van der Waals surface area contributed by atoms with Crippen LogP contribution in [0.5, 0.6) is 0 Å². The minimum atomic E-state index is 0.879. The fourth-order valence-corrected chi connectivity index (χ4v) is 2.32. The molecular formula is C13H27N. The molecule has 1 aliphatic carbocycles. The molecule has 0 heterocycles. The van der Waals surface area contributed by atoms with Gasteiger partial charge in [0.15, 0.2) is 0 Å². The van der Waals surface area contributed by atoms with E-state index in [0.717, 1.165) is 11.8 Å². The zero-order chi connectivity index (χ0) is 10.2. The normalized spacial score (nSPS) is 18.2. The van der Waals surface area contributed by atoms with Gasteiger partial charge in [-0.05, 0) is 44.2 Å². The summed E-state index contributed by atoms with van der Waals surface area (Å²) in [4.78, 5) is 0. The largest absolute Gasteiger partial charge is 0.316 e. The molecule has 0 aliphatic heterocycles. The molecule has 0 aromatic heterocycles. The van der Waals surface area contributed by atoms with Crippen LogP contribution in [0.25, 0.3) is 0 Å². The molecule has 1 nitrogen and oxygen atoms in total. The third kappa shape index (κ3) is 5.64. The maximum atomic E-state index is 3.60. The van der Waals surface area contributed by atoms with Gasteiger partial charge in [-0.3, -0.25) is 0 Å². The van der Waals surface area contributed by atoms with E-state index >= 15 is 0 Å². The summed E-state index contributed by atoms with van der Waals surface area (Å²) in [6, 6.07) is 0. The molecule has 0 bridgehead atoms. The van der Waals surface area contributed by atoms with Crippen LogP contribution in [0.15, 0.2) is 0 Å². The van der Waals surface area contributed by atoms with Crippen molar-refractivity contribution in [2.45, 2.75) is 58.8 Å². The van der Waals surface area contributed by atoms with Crippen LogP contribution in [0.3, 0.4) is 0 Å². The molecule has 1 heteroatoms. The summed E-state index contributed by atoms with van der Waals surface area (Å²) in [6.45, 7) is 7.14. The average molecular weight is 197 g/mol. The Hall–Kier alpha value is -0.0400. The Morgan fingerprint density at radius 2 is 1.86 bits per heavy atom. The van der Waals surface area contributed by atoms with Crippen LogP contribution in [0.4, 0.5) is 0 Å². The molecule has 1 fully saturated rings. The lowest BCUT2D eigenvalue weighted by Crippen LogP contribution is -2.22. The van der Waals surface area contributed by atoms with Crippen LogP contribution < -0.4 is 5.32 Å². The highest BCUT2D eigenvalue weighted by molar-refractivity contribution is 4.69. The smallest absolute Gasteiger partial charge is 0.00205 e. The standard InChI is InChI=1S/C13H27N/c1-12(2)7-5-6-10-14-11-13-8-3-4-9-13/h12-14H,3-11H2,1-2H3. The molecule has 0 radical (unpaired) electrons.